The van der Waals surface area contributed by atoms with Crippen molar-refractivity contribution in [1.82, 2.24) is 5.32 Å². The van der Waals surface area contributed by atoms with E-state index in [1.165, 1.54) is 12.1 Å². The average molecular weight is 280 g/mol. The highest BCUT2D eigenvalue weighted by molar-refractivity contribution is 5.92. The molecule has 110 valence electrons. The van der Waals surface area contributed by atoms with Crippen molar-refractivity contribution >= 4 is 11.6 Å². The molecule has 1 aliphatic rings. The molecule has 20 heavy (non-hydrogen) atoms. The first-order chi connectivity index (χ1) is 9.69. The van der Waals surface area contributed by atoms with E-state index >= 15 is 0 Å². The fourth-order valence-electron chi connectivity index (χ4n) is 2.77. The van der Waals surface area contributed by atoms with Gasteiger partial charge in [0, 0.05) is 12.3 Å². The van der Waals surface area contributed by atoms with Crippen LogP contribution in [-0.4, -0.2) is 30.7 Å². The molecule has 1 fully saturated rings. The summed E-state index contributed by atoms with van der Waals surface area (Å²) in [4.78, 5) is 11.7. The van der Waals surface area contributed by atoms with E-state index in [1.54, 1.807) is 12.1 Å². The van der Waals surface area contributed by atoms with Crippen molar-refractivity contribution in [2.75, 3.05) is 25.0 Å². The zero-order chi connectivity index (χ0) is 14.4. The van der Waals surface area contributed by atoms with Gasteiger partial charge in [-0.15, -0.1) is 0 Å². The van der Waals surface area contributed by atoms with E-state index in [0.29, 0.717) is 17.5 Å². The van der Waals surface area contributed by atoms with Crippen LogP contribution in [0.5, 0.6) is 0 Å². The molecule has 0 bridgehead atoms. The SMILES string of the molecule is O=C(CNCC1CCCC1CO)Nc1cccc(F)c1. The van der Waals surface area contributed by atoms with Crippen LogP contribution in [0.1, 0.15) is 19.3 Å². The van der Waals surface area contributed by atoms with Crippen molar-refractivity contribution in [2.45, 2.75) is 19.3 Å². The van der Waals surface area contributed by atoms with Crippen LogP contribution in [0, 0.1) is 17.7 Å². The average Bonchev–Trinajstić information content (AvgIpc) is 2.86. The Morgan fingerprint density at radius 2 is 2.15 bits per heavy atom. The highest BCUT2D eigenvalue weighted by atomic mass is 19.1. The monoisotopic (exact) mass is 280 g/mol. The predicted octanol–water partition coefficient (Wildman–Crippen LogP) is 1.76. The molecule has 3 N–H and O–H groups in total. The van der Waals surface area contributed by atoms with E-state index in [4.69, 9.17) is 0 Å². The lowest BCUT2D eigenvalue weighted by Crippen LogP contribution is -2.33. The van der Waals surface area contributed by atoms with Crippen molar-refractivity contribution < 1.29 is 14.3 Å². The van der Waals surface area contributed by atoms with Gasteiger partial charge in [0.2, 0.25) is 5.91 Å². The first-order valence-electron chi connectivity index (χ1n) is 7.06. The molecule has 0 saturated heterocycles. The van der Waals surface area contributed by atoms with Crippen molar-refractivity contribution in [1.29, 1.82) is 0 Å². The largest absolute Gasteiger partial charge is 0.396 e. The first-order valence-corrected chi connectivity index (χ1v) is 7.06. The van der Waals surface area contributed by atoms with Crippen molar-refractivity contribution in [3.63, 3.8) is 0 Å². The third-order valence-electron chi connectivity index (χ3n) is 3.85. The number of nitrogens with one attached hydrogen (secondary N) is 2. The van der Waals surface area contributed by atoms with Crippen LogP contribution in [0.25, 0.3) is 0 Å². The Morgan fingerprint density at radius 3 is 2.90 bits per heavy atom. The van der Waals surface area contributed by atoms with Gasteiger partial charge in [-0.3, -0.25) is 4.79 Å². The van der Waals surface area contributed by atoms with E-state index in [-0.39, 0.29) is 24.9 Å². The van der Waals surface area contributed by atoms with Gasteiger partial charge in [-0.05, 0) is 49.4 Å². The highest BCUT2D eigenvalue weighted by Gasteiger charge is 2.26. The number of hydrogen-bond acceptors (Lipinski definition) is 3. The second-order valence-corrected chi connectivity index (χ2v) is 5.32. The van der Waals surface area contributed by atoms with Crippen molar-refractivity contribution in [3.05, 3.63) is 30.1 Å². The predicted molar refractivity (Wildman–Crippen MR) is 75.8 cm³/mol. The number of hydrogen-bond donors (Lipinski definition) is 3. The summed E-state index contributed by atoms with van der Waals surface area (Å²) in [6.07, 6.45) is 3.31. The number of benzene rings is 1. The Labute approximate surface area is 118 Å². The second-order valence-electron chi connectivity index (χ2n) is 5.32. The molecule has 2 rings (SSSR count). The molecule has 5 heteroatoms. The fourth-order valence-corrected chi connectivity index (χ4v) is 2.77. The minimum absolute atomic E-state index is 0.186. The minimum atomic E-state index is -0.368. The molecule has 0 spiro atoms. The molecule has 0 aromatic heterocycles. The smallest absolute Gasteiger partial charge is 0.238 e. The number of carbonyl (C=O) groups is 1. The summed E-state index contributed by atoms with van der Waals surface area (Å²) in [5, 5.41) is 15.0. The third-order valence-corrected chi connectivity index (χ3v) is 3.85. The standard InChI is InChI=1S/C15H21FN2O2/c16-13-5-2-6-14(7-13)18-15(20)9-17-8-11-3-1-4-12(11)10-19/h2,5-7,11-12,17,19H,1,3-4,8-10H2,(H,18,20). The topological polar surface area (TPSA) is 61.4 Å². The van der Waals surface area contributed by atoms with E-state index < -0.39 is 0 Å². The number of aliphatic hydroxyl groups excluding tert-OH is 1. The molecule has 1 aromatic rings. The highest BCUT2D eigenvalue weighted by Crippen LogP contribution is 2.30. The molecular formula is C15H21FN2O2. The lowest BCUT2D eigenvalue weighted by atomic mass is 9.97. The zero-order valence-corrected chi connectivity index (χ0v) is 11.4. The zero-order valence-electron chi connectivity index (χ0n) is 11.4. The summed E-state index contributed by atoms with van der Waals surface area (Å²) in [7, 11) is 0. The van der Waals surface area contributed by atoms with Crippen LogP contribution in [0.2, 0.25) is 0 Å². The van der Waals surface area contributed by atoms with Crippen LogP contribution in [0.3, 0.4) is 0 Å². The fraction of sp³-hybridized carbons (Fsp3) is 0.533. The van der Waals surface area contributed by atoms with Gasteiger partial charge in [-0.2, -0.15) is 0 Å². The van der Waals surface area contributed by atoms with Gasteiger partial charge in [0.05, 0.1) is 6.54 Å². The summed E-state index contributed by atoms with van der Waals surface area (Å²) >= 11 is 0. The van der Waals surface area contributed by atoms with Crippen molar-refractivity contribution in [3.8, 4) is 0 Å². The Bertz CT molecular complexity index is 453. The molecule has 0 radical (unpaired) electrons. The molecule has 2 atom stereocenters. The summed E-state index contributed by atoms with van der Waals surface area (Å²) < 4.78 is 13.0. The lowest BCUT2D eigenvalue weighted by molar-refractivity contribution is -0.115. The maximum atomic E-state index is 13.0. The van der Waals surface area contributed by atoms with Gasteiger partial charge in [0.1, 0.15) is 5.82 Å². The maximum Gasteiger partial charge on any atom is 0.238 e. The van der Waals surface area contributed by atoms with Crippen LogP contribution in [-0.2, 0) is 4.79 Å². The first kappa shape index (κ1) is 14.9. The van der Waals surface area contributed by atoms with E-state index in [2.05, 4.69) is 10.6 Å². The van der Waals surface area contributed by atoms with Crippen LogP contribution < -0.4 is 10.6 Å². The van der Waals surface area contributed by atoms with Crippen LogP contribution >= 0.6 is 0 Å². The van der Waals surface area contributed by atoms with Crippen LogP contribution in [0.15, 0.2) is 24.3 Å². The molecular weight excluding hydrogens is 259 g/mol. The number of carbonyl (C=O) groups excluding carboxylic acids is 1. The maximum absolute atomic E-state index is 13.0. The number of aliphatic hydroxyl groups is 1. The van der Waals surface area contributed by atoms with Crippen molar-refractivity contribution in [2.24, 2.45) is 11.8 Å². The Balaban J connectivity index is 1.70. The molecule has 1 aromatic carbocycles. The van der Waals surface area contributed by atoms with E-state index in [9.17, 15) is 14.3 Å². The molecule has 1 aliphatic carbocycles. The van der Waals surface area contributed by atoms with Gasteiger partial charge in [0.25, 0.3) is 0 Å². The summed E-state index contributed by atoms with van der Waals surface area (Å²) in [5.74, 6) is 0.248. The number of anilines is 1. The van der Waals surface area contributed by atoms with Gasteiger partial charge in [0.15, 0.2) is 0 Å². The quantitative estimate of drug-likeness (QED) is 0.744. The Kier molecular flexibility index (Phi) is 5.49. The molecule has 1 amide bonds. The third kappa shape index (κ3) is 4.28. The van der Waals surface area contributed by atoms with E-state index in [1.807, 2.05) is 0 Å². The Hall–Kier alpha value is -1.46. The lowest BCUT2D eigenvalue weighted by Gasteiger charge is -2.17. The number of rotatable bonds is 6. The normalized spacial score (nSPS) is 21.9. The number of amides is 1. The van der Waals surface area contributed by atoms with Gasteiger partial charge in [-0.1, -0.05) is 12.5 Å². The van der Waals surface area contributed by atoms with E-state index in [0.717, 1.165) is 25.8 Å². The van der Waals surface area contributed by atoms with Gasteiger partial charge >= 0.3 is 0 Å². The molecule has 4 nitrogen and oxygen atoms in total. The summed E-state index contributed by atoms with van der Waals surface area (Å²) in [6.45, 7) is 1.16. The molecule has 0 aliphatic heterocycles. The summed E-state index contributed by atoms with van der Waals surface area (Å²) in [5.41, 5.74) is 0.464. The minimum Gasteiger partial charge on any atom is -0.396 e. The number of halogens is 1. The summed E-state index contributed by atoms with van der Waals surface area (Å²) in [6, 6.07) is 5.84. The van der Waals surface area contributed by atoms with Crippen LogP contribution in [0.4, 0.5) is 10.1 Å². The molecule has 1 saturated carbocycles. The molecule has 2 unspecified atom stereocenters. The van der Waals surface area contributed by atoms with Gasteiger partial charge < -0.3 is 15.7 Å². The van der Waals surface area contributed by atoms with Gasteiger partial charge in [-0.25, -0.2) is 4.39 Å². The second kappa shape index (κ2) is 7.36. The Morgan fingerprint density at radius 1 is 1.35 bits per heavy atom. The molecule has 0 heterocycles.